The van der Waals surface area contributed by atoms with Gasteiger partial charge in [-0.15, -0.1) is 0 Å². The first-order valence-electron chi connectivity index (χ1n) is 29.6. The molecule has 1 aromatic carbocycles. The number of nitrogens with zero attached hydrogens (tertiary/aromatic N) is 2. The molecule has 0 aliphatic carbocycles. The van der Waals surface area contributed by atoms with Crippen LogP contribution < -0.4 is 70.4 Å². The molecule has 0 saturated carbocycles. The van der Waals surface area contributed by atoms with Crippen molar-refractivity contribution in [1.29, 1.82) is 0 Å². The summed E-state index contributed by atoms with van der Waals surface area (Å²) in [6.07, 6.45) is -3.81. The Balaban J connectivity index is 1.68. The number of thiol groups is 3. The number of carbonyl (C=O) groups is 15. The molecule has 14 atom stereocenters. The number of nitrogens with one attached hydrogen (secondary N) is 10. The third kappa shape index (κ3) is 25.2. The van der Waals surface area contributed by atoms with E-state index in [0.29, 0.717) is 12.8 Å². The van der Waals surface area contributed by atoms with Crippen molar-refractivity contribution in [3.8, 4) is 0 Å². The van der Waals surface area contributed by atoms with Gasteiger partial charge < -0.3 is 106 Å². The van der Waals surface area contributed by atoms with Gasteiger partial charge in [-0.1, -0.05) is 30.3 Å². The number of primary amides is 1. The summed E-state index contributed by atoms with van der Waals surface area (Å²) >= 11 is 12.5. The van der Waals surface area contributed by atoms with Crippen molar-refractivity contribution in [3.63, 3.8) is 0 Å². The molecule has 0 spiro atoms. The zero-order chi connectivity index (χ0) is 69.8. The molecule has 35 nitrogen and oxygen atoms in total. The fourth-order valence-electron chi connectivity index (χ4n) is 9.74. The lowest BCUT2D eigenvalue weighted by Gasteiger charge is -2.32. The lowest BCUT2D eigenvalue weighted by Crippen LogP contribution is -2.63. The molecule has 2 fully saturated rings. The van der Waals surface area contributed by atoms with Crippen LogP contribution in [0, 0.1) is 0 Å². The van der Waals surface area contributed by atoms with Gasteiger partial charge in [0.15, 0.2) is 0 Å². The number of aliphatic carboxylic acids is 2. The number of benzene rings is 1. The van der Waals surface area contributed by atoms with Crippen molar-refractivity contribution >= 4 is 127 Å². The minimum absolute atomic E-state index is 0.0264. The van der Waals surface area contributed by atoms with Crippen molar-refractivity contribution in [3.05, 3.63) is 35.9 Å². The highest BCUT2D eigenvalue weighted by molar-refractivity contribution is 7.80. The van der Waals surface area contributed by atoms with Crippen LogP contribution in [0.5, 0.6) is 0 Å². The Bertz CT molecular complexity index is 2830. The van der Waals surface area contributed by atoms with Crippen LogP contribution in [0.25, 0.3) is 0 Å². The standard InChI is InChI=1S/C55H85N15O20S3/c1-26(72)42(67-48(82)36(25-93)66-47(81)35(24-92)65-46(80)34(23-91)64-45(79)33(22-71)63-49(83)37-13-8-16-69(37)53(87)29(57)18-28-10-4-3-5-11-28)51(85)61-30(12-6-7-15-56)54(88)70-17-9-14-38(70)50(84)68-43(27(2)73)52(86)62-31(20-41(76)77)44(78)59-21-40(75)60-32(55(89)90)19-39(58)74/h3-5,10-11,26-27,29-38,42-43,71-73,91-93H,6-9,12-25,56-57H2,1-2H3,(H2,58,74)(H,59,78)(H,60,75)(H,61,85)(H,62,86)(H,63,83)(H,64,79)(H,65,80)(H,66,81)(H,67,82)(H,68,84)(H,76,77)(H,89,90). The Kier molecular flexibility index (Phi) is 33.8. The van der Waals surface area contributed by atoms with Crippen molar-refractivity contribution in [1.82, 2.24) is 63.0 Å². The van der Waals surface area contributed by atoms with Gasteiger partial charge >= 0.3 is 11.9 Å². The lowest BCUT2D eigenvalue weighted by atomic mass is 10.0. The molecule has 93 heavy (non-hydrogen) atoms. The summed E-state index contributed by atoms with van der Waals surface area (Å²) in [5.41, 5.74) is 17.7. The first-order chi connectivity index (χ1) is 43.9. The summed E-state index contributed by atoms with van der Waals surface area (Å²) in [6, 6.07) is -9.50. The Hall–Kier alpha value is -7.88. The molecule has 2 aliphatic rings. The zero-order valence-electron chi connectivity index (χ0n) is 51.0. The fourth-order valence-corrected chi connectivity index (χ4v) is 10.5. The zero-order valence-corrected chi connectivity index (χ0v) is 53.7. The number of carbonyl (C=O) groups excluding carboxylic acids is 13. The quantitative estimate of drug-likeness (QED) is 0.0215. The maximum Gasteiger partial charge on any atom is 0.326 e. The highest BCUT2D eigenvalue weighted by Crippen LogP contribution is 2.22. The van der Waals surface area contributed by atoms with Gasteiger partial charge in [0.25, 0.3) is 0 Å². The number of aliphatic hydroxyl groups excluding tert-OH is 3. The summed E-state index contributed by atoms with van der Waals surface area (Å²) in [6.45, 7) is 0.569. The molecule has 2 aliphatic heterocycles. The van der Waals surface area contributed by atoms with Crippen molar-refractivity contribution in [2.75, 3.05) is 50.0 Å². The topological polar surface area (TPSA) is 562 Å². The predicted octanol–water partition coefficient (Wildman–Crippen LogP) is -8.88. The second-order valence-corrected chi connectivity index (χ2v) is 23.1. The van der Waals surface area contributed by atoms with Gasteiger partial charge in [0, 0.05) is 30.3 Å². The summed E-state index contributed by atoms with van der Waals surface area (Å²) in [4.78, 5) is 199. The van der Waals surface area contributed by atoms with Crippen LogP contribution in [0.2, 0.25) is 0 Å². The van der Waals surface area contributed by atoms with Crippen LogP contribution in [0.1, 0.15) is 77.2 Å². The van der Waals surface area contributed by atoms with E-state index in [1.54, 1.807) is 24.3 Å². The lowest BCUT2D eigenvalue weighted by molar-refractivity contribution is -0.144. The number of nitrogens with two attached hydrogens (primary N) is 3. The predicted molar refractivity (Wildman–Crippen MR) is 337 cm³/mol. The maximum absolute atomic E-state index is 14.4. The van der Waals surface area contributed by atoms with Gasteiger partial charge in [0.2, 0.25) is 76.8 Å². The molecule has 0 radical (unpaired) electrons. The van der Waals surface area contributed by atoms with E-state index in [2.05, 4.69) is 80.4 Å². The molecule has 0 bridgehead atoms. The van der Waals surface area contributed by atoms with Crippen LogP contribution in [0.4, 0.5) is 0 Å². The van der Waals surface area contributed by atoms with Crippen LogP contribution in [-0.2, 0) is 78.3 Å². The number of amides is 13. The molecule has 21 N–H and O–H groups in total. The highest BCUT2D eigenvalue weighted by atomic mass is 32.1. The minimum atomic E-state index is -1.96. The SMILES string of the molecule is CC(O)C(NC(=O)C(CS)NC(=O)C(CS)NC(=O)C(CS)NC(=O)C(CO)NC(=O)C1CCCN1C(=O)C(N)Cc1ccccc1)C(=O)NC(CCCCN)C(=O)N1CCCC1C(=O)NC(C(=O)NC(CC(=O)O)C(=O)NCC(=O)NC(CC(N)=O)C(=O)O)C(C)O. The number of rotatable bonds is 39. The number of carboxylic acids is 2. The van der Waals surface area contributed by atoms with Crippen LogP contribution in [0.15, 0.2) is 30.3 Å². The molecule has 3 rings (SSSR count). The average molecular weight is 1370 g/mol. The first-order valence-corrected chi connectivity index (χ1v) is 31.5. The minimum Gasteiger partial charge on any atom is -0.481 e. The van der Waals surface area contributed by atoms with Crippen LogP contribution in [0.3, 0.4) is 0 Å². The average Bonchev–Trinajstić information content (AvgIpc) is 1.81. The summed E-state index contributed by atoms with van der Waals surface area (Å²) in [7, 11) is 0. The van der Waals surface area contributed by atoms with E-state index in [-0.39, 0.29) is 63.9 Å². The number of carboxylic acid groups (broad SMARTS) is 2. The smallest absolute Gasteiger partial charge is 0.326 e. The van der Waals surface area contributed by atoms with Gasteiger partial charge in [-0.2, -0.15) is 37.9 Å². The summed E-state index contributed by atoms with van der Waals surface area (Å²) in [5, 5.41) is 73.0. The monoisotopic (exact) mass is 1370 g/mol. The van der Waals surface area contributed by atoms with Crippen LogP contribution in [-0.4, -0.2) is 259 Å². The molecule has 13 amide bonds. The van der Waals surface area contributed by atoms with E-state index < -0.39 is 211 Å². The summed E-state index contributed by atoms with van der Waals surface area (Å²) in [5.74, 6) is -17.7. The normalized spacial score (nSPS) is 18.3. The number of unbranched alkanes of at least 4 members (excludes halogenated alkanes) is 1. The molecule has 518 valence electrons. The number of hydrogen-bond donors (Lipinski definition) is 21. The molecule has 2 saturated heterocycles. The first kappa shape index (κ1) is 79.4. The number of likely N-dealkylation sites (tertiary alicyclic amines) is 2. The second-order valence-electron chi connectivity index (χ2n) is 22.0. The molecular formula is C55H85N15O20S3. The van der Waals surface area contributed by atoms with E-state index in [1.807, 2.05) is 16.7 Å². The van der Waals surface area contributed by atoms with Gasteiger partial charge in [-0.05, 0) is 77.3 Å². The Morgan fingerprint density at radius 3 is 1.48 bits per heavy atom. The number of aliphatic hydroxyl groups is 3. The second kappa shape index (κ2) is 39.6. The van der Waals surface area contributed by atoms with E-state index in [4.69, 9.17) is 17.2 Å². The maximum atomic E-state index is 14.4. The molecule has 14 unspecified atom stereocenters. The largest absolute Gasteiger partial charge is 0.481 e. The fraction of sp³-hybridized carbons (Fsp3) is 0.618. The van der Waals surface area contributed by atoms with Crippen LogP contribution >= 0.6 is 37.9 Å². The Morgan fingerprint density at radius 2 is 1.02 bits per heavy atom. The van der Waals surface area contributed by atoms with E-state index >= 15 is 0 Å². The van der Waals surface area contributed by atoms with Gasteiger partial charge in [-0.3, -0.25) is 67.1 Å². The van der Waals surface area contributed by atoms with Crippen molar-refractivity contribution in [2.24, 2.45) is 17.2 Å². The van der Waals surface area contributed by atoms with E-state index in [1.165, 1.54) is 4.90 Å². The summed E-state index contributed by atoms with van der Waals surface area (Å²) < 4.78 is 0. The molecule has 0 aromatic heterocycles. The van der Waals surface area contributed by atoms with Crippen molar-refractivity contribution in [2.45, 2.75) is 163 Å². The Morgan fingerprint density at radius 1 is 0.559 bits per heavy atom. The van der Waals surface area contributed by atoms with Gasteiger partial charge in [-0.25, -0.2) is 4.79 Å². The Labute approximate surface area is 550 Å². The molecular weight excluding hydrogens is 1290 g/mol. The third-order valence-corrected chi connectivity index (χ3v) is 15.8. The molecule has 1 aromatic rings. The molecule has 2 heterocycles. The molecule has 38 heteroatoms. The number of hydrogen-bond acceptors (Lipinski definition) is 23. The highest BCUT2D eigenvalue weighted by Gasteiger charge is 2.43. The van der Waals surface area contributed by atoms with E-state index in [0.717, 1.165) is 24.3 Å². The van der Waals surface area contributed by atoms with Gasteiger partial charge in [0.05, 0.1) is 44.2 Å². The van der Waals surface area contributed by atoms with Gasteiger partial charge in [0.1, 0.15) is 66.5 Å². The van der Waals surface area contributed by atoms with E-state index in [9.17, 15) is 97.5 Å². The third-order valence-electron chi connectivity index (χ3n) is 14.7. The van der Waals surface area contributed by atoms with Crippen molar-refractivity contribution < 1.29 is 97.5 Å².